The van der Waals surface area contributed by atoms with Crippen molar-refractivity contribution < 1.29 is 9.53 Å². The summed E-state index contributed by atoms with van der Waals surface area (Å²) >= 11 is 1.65. The minimum Gasteiger partial charge on any atom is -0.496 e. The van der Waals surface area contributed by atoms with Crippen molar-refractivity contribution in [3.8, 4) is 5.75 Å². The lowest BCUT2D eigenvalue weighted by Gasteiger charge is -2.28. The Balaban J connectivity index is 1.65. The summed E-state index contributed by atoms with van der Waals surface area (Å²) in [4.78, 5) is 20.0. The Kier molecular flexibility index (Phi) is 4.94. The molecule has 0 saturated heterocycles. The van der Waals surface area contributed by atoms with Gasteiger partial charge in [-0.1, -0.05) is 24.3 Å². The van der Waals surface area contributed by atoms with Crippen molar-refractivity contribution in [2.24, 2.45) is 0 Å². The number of ether oxygens (including phenoxy) is 1. The molecule has 2 heterocycles. The van der Waals surface area contributed by atoms with Gasteiger partial charge in [-0.3, -0.25) is 9.78 Å². The molecule has 0 aliphatic heterocycles. The molecule has 0 bridgehead atoms. The van der Waals surface area contributed by atoms with Gasteiger partial charge in [0.1, 0.15) is 5.75 Å². The second-order valence-corrected chi connectivity index (χ2v) is 7.68. The van der Waals surface area contributed by atoms with Crippen LogP contribution < -0.4 is 4.74 Å². The van der Waals surface area contributed by atoms with E-state index in [0.29, 0.717) is 13.1 Å². The Hall–Kier alpha value is -2.66. The molecular weight excluding hydrogens is 356 g/mol. The highest BCUT2D eigenvalue weighted by atomic mass is 32.1. The van der Waals surface area contributed by atoms with Gasteiger partial charge < -0.3 is 9.64 Å². The minimum atomic E-state index is -0.475. The SMILES string of the molecule is COc1ccccc1C1(C(=O)N(Cc2ccsc2)Cc2ccccn2)CC1. The third-order valence-corrected chi connectivity index (χ3v) is 5.83. The number of methoxy groups -OCH3 is 1. The summed E-state index contributed by atoms with van der Waals surface area (Å²) in [5, 5.41) is 4.15. The molecule has 3 aromatic rings. The lowest BCUT2D eigenvalue weighted by Crippen LogP contribution is -2.38. The van der Waals surface area contributed by atoms with Crippen LogP contribution in [0.15, 0.2) is 65.5 Å². The first-order chi connectivity index (χ1) is 13.2. The van der Waals surface area contributed by atoms with Crippen LogP contribution in [0.4, 0.5) is 0 Å². The third kappa shape index (κ3) is 3.60. The number of benzene rings is 1. The minimum absolute atomic E-state index is 0.156. The zero-order valence-electron chi connectivity index (χ0n) is 15.3. The molecule has 138 valence electrons. The lowest BCUT2D eigenvalue weighted by molar-refractivity contribution is -0.135. The maximum atomic E-state index is 13.7. The van der Waals surface area contributed by atoms with E-state index in [1.807, 2.05) is 52.7 Å². The van der Waals surface area contributed by atoms with Gasteiger partial charge in [0.05, 0.1) is 24.8 Å². The molecule has 0 radical (unpaired) electrons. The number of para-hydroxylation sites is 1. The van der Waals surface area contributed by atoms with E-state index < -0.39 is 5.41 Å². The van der Waals surface area contributed by atoms with Crippen molar-refractivity contribution >= 4 is 17.2 Å². The number of thiophene rings is 1. The fraction of sp³-hybridized carbons (Fsp3) is 0.273. The fourth-order valence-electron chi connectivity index (χ4n) is 3.56. The molecule has 0 spiro atoms. The van der Waals surface area contributed by atoms with E-state index in [1.165, 1.54) is 0 Å². The molecular formula is C22H22N2O2S. The van der Waals surface area contributed by atoms with Gasteiger partial charge in [-0.2, -0.15) is 11.3 Å². The summed E-state index contributed by atoms with van der Waals surface area (Å²) in [5.74, 6) is 0.945. The van der Waals surface area contributed by atoms with Gasteiger partial charge in [0.25, 0.3) is 0 Å². The van der Waals surface area contributed by atoms with Crippen LogP contribution in [0, 0.1) is 0 Å². The highest BCUT2D eigenvalue weighted by Gasteiger charge is 2.54. The van der Waals surface area contributed by atoms with E-state index in [-0.39, 0.29) is 5.91 Å². The van der Waals surface area contributed by atoms with Gasteiger partial charge in [0, 0.05) is 18.3 Å². The average molecular weight is 378 g/mol. The maximum Gasteiger partial charge on any atom is 0.234 e. The first-order valence-corrected chi connectivity index (χ1v) is 10.0. The van der Waals surface area contributed by atoms with Crippen molar-refractivity contribution in [3.63, 3.8) is 0 Å². The molecule has 2 aromatic heterocycles. The number of hydrogen-bond donors (Lipinski definition) is 0. The largest absolute Gasteiger partial charge is 0.496 e. The predicted molar refractivity (Wildman–Crippen MR) is 107 cm³/mol. The van der Waals surface area contributed by atoms with Crippen LogP contribution in [0.3, 0.4) is 0 Å². The van der Waals surface area contributed by atoms with Gasteiger partial charge in [-0.25, -0.2) is 0 Å². The van der Waals surface area contributed by atoms with Crippen LogP contribution in [-0.4, -0.2) is 22.9 Å². The molecule has 0 unspecified atom stereocenters. The summed E-state index contributed by atoms with van der Waals surface area (Å²) in [5.41, 5.74) is 2.57. The standard InChI is InChI=1S/C22H22N2O2S/c1-26-20-8-3-2-7-19(20)22(10-11-22)21(25)24(14-17-9-13-27-16-17)15-18-6-4-5-12-23-18/h2-9,12-13,16H,10-11,14-15H2,1H3. The van der Waals surface area contributed by atoms with Crippen molar-refractivity contribution in [2.75, 3.05) is 7.11 Å². The van der Waals surface area contributed by atoms with E-state index in [2.05, 4.69) is 16.4 Å². The summed E-state index contributed by atoms with van der Waals surface area (Å²) in [6.07, 6.45) is 3.48. The van der Waals surface area contributed by atoms with E-state index in [1.54, 1.807) is 24.6 Å². The summed E-state index contributed by atoms with van der Waals surface area (Å²) in [6, 6.07) is 15.8. The zero-order chi connectivity index (χ0) is 18.7. The van der Waals surface area contributed by atoms with E-state index in [0.717, 1.165) is 35.4 Å². The Labute approximate surface area is 163 Å². The molecule has 1 saturated carbocycles. The van der Waals surface area contributed by atoms with Crippen LogP contribution in [-0.2, 0) is 23.3 Å². The topological polar surface area (TPSA) is 42.4 Å². The number of carbonyl (C=O) groups excluding carboxylic acids is 1. The fourth-order valence-corrected chi connectivity index (χ4v) is 4.22. The smallest absolute Gasteiger partial charge is 0.234 e. The van der Waals surface area contributed by atoms with Crippen molar-refractivity contribution in [2.45, 2.75) is 31.3 Å². The number of carbonyl (C=O) groups is 1. The number of aromatic nitrogens is 1. The van der Waals surface area contributed by atoms with Crippen molar-refractivity contribution in [1.29, 1.82) is 0 Å². The van der Waals surface area contributed by atoms with Gasteiger partial charge in [0.2, 0.25) is 5.91 Å². The third-order valence-electron chi connectivity index (χ3n) is 5.10. The van der Waals surface area contributed by atoms with Crippen molar-refractivity contribution in [1.82, 2.24) is 9.88 Å². The Bertz CT molecular complexity index is 905. The molecule has 0 N–H and O–H groups in total. The zero-order valence-corrected chi connectivity index (χ0v) is 16.1. The van der Waals surface area contributed by atoms with Gasteiger partial charge in [-0.15, -0.1) is 0 Å². The van der Waals surface area contributed by atoms with Crippen LogP contribution >= 0.6 is 11.3 Å². The monoisotopic (exact) mass is 378 g/mol. The van der Waals surface area contributed by atoms with E-state index in [4.69, 9.17) is 4.74 Å². The molecule has 0 atom stereocenters. The summed E-state index contributed by atoms with van der Waals surface area (Å²) in [6.45, 7) is 1.10. The van der Waals surface area contributed by atoms with Crippen LogP contribution in [0.25, 0.3) is 0 Å². The average Bonchev–Trinajstić information content (AvgIpc) is 3.37. The van der Waals surface area contributed by atoms with Gasteiger partial charge >= 0.3 is 0 Å². The van der Waals surface area contributed by atoms with Crippen LogP contribution in [0.5, 0.6) is 5.75 Å². The quantitative estimate of drug-likeness (QED) is 0.611. The predicted octanol–water partition coefficient (Wildman–Crippen LogP) is 4.41. The lowest BCUT2D eigenvalue weighted by atomic mass is 9.93. The number of amides is 1. The molecule has 1 aliphatic carbocycles. The maximum absolute atomic E-state index is 13.7. The van der Waals surface area contributed by atoms with Crippen molar-refractivity contribution in [3.05, 3.63) is 82.3 Å². The Morgan fingerprint density at radius 3 is 2.63 bits per heavy atom. The molecule has 1 aromatic carbocycles. The van der Waals surface area contributed by atoms with Crippen LogP contribution in [0.2, 0.25) is 0 Å². The second kappa shape index (κ2) is 7.53. The van der Waals surface area contributed by atoms with Gasteiger partial charge in [-0.05, 0) is 53.4 Å². The molecule has 1 amide bonds. The first kappa shape index (κ1) is 17.7. The molecule has 1 aliphatic rings. The number of nitrogens with zero attached hydrogens (tertiary/aromatic N) is 2. The Morgan fingerprint density at radius 2 is 1.96 bits per heavy atom. The number of pyridine rings is 1. The summed E-state index contributed by atoms with van der Waals surface area (Å²) in [7, 11) is 1.66. The highest BCUT2D eigenvalue weighted by Crippen LogP contribution is 2.52. The van der Waals surface area contributed by atoms with Gasteiger partial charge in [0.15, 0.2) is 0 Å². The molecule has 4 rings (SSSR count). The first-order valence-electron chi connectivity index (χ1n) is 9.07. The second-order valence-electron chi connectivity index (χ2n) is 6.90. The number of rotatable bonds is 7. The van der Waals surface area contributed by atoms with E-state index >= 15 is 0 Å². The highest BCUT2D eigenvalue weighted by molar-refractivity contribution is 7.07. The molecule has 27 heavy (non-hydrogen) atoms. The molecule has 1 fully saturated rings. The molecule has 5 heteroatoms. The normalized spacial score (nSPS) is 14.6. The Morgan fingerprint density at radius 1 is 1.15 bits per heavy atom. The number of hydrogen-bond acceptors (Lipinski definition) is 4. The molecule has 4 nitrogen and oxygen atoms in total. The van der Waals surface area contributed by atoms with Crippen LogP contribution in [0.1, 0.15) is 29.7 Å². The summed E-state index contributed by atoms with van der Waals surface area (Å²) < 4.78 is 5.54. The van der Waals surface area contributed by atoms with E-state index in [9.17, 15) is 4.79 Å².